The lowest BCUT2D eigenvalue weighted by Gasteiger charge is -2.08. The summed E-state index contributed by atoms with van der Waals surface area (Å²) in [7, 11) is -4.02. The van der Waals surface area contributed by atoms with Crippen LogP contribution in [-0.2, 0) is 9.84 Å². The standard InChI is InChI=1S/C18H15F2NO3S/c1-10-4-6-12(7-5-10)17-16(11(2)24-21-17)13-8-14(19)18(15(20)9-13)25(3,22)23/h4-9H,1-3H3. The van der Waals surface area contributed by atoms with Crippen molar-refractivity contribution in [2.45, 2.75) is 18.7 Å². The molecule has 3 rings (SSSR count). The third-order valence-electron chi connectivity index (χ3n) is 3.85. The Morgan fingerprint density at radius 2 is 1.52 bits per heavy atom. The Labute approximate surface area is 144 Å². The maximum atomic E-state index is 14.2. The molecular formula is C18H15F2NO3S. The first kappa shape index (κ1) is 17.3. The topological polar surface area (TPSA) is 60.2 Å². The van der Waals surface area contributed by atoms with E-state index in [4.69, 9.17) is 4.52 Å². The van der Waals surface area contributed by atoms with Gasteiger partial charge in [0.25, 0.3) is 0 Å². The normalized spacial score (nSPS) is 11.7. The van der Waals surface area contributed by atoms with Crippen LogP contribution >= 0.6 is 0 Å². The summed E-state index contributed by atoms with van der Waals surface area (Å²) < 4.78 is 56.8. The van der Waals surface area contributed by atoms with Gasteiger partial charge < -0.3 is 4.52 Å². The molecule has 0 unspecified atom stereocenters. The van der Waals surface area contributed by atoms with Crippen molar-refractivity contribution in [2.75, 3.05) is 6.26 Å². The van der Waals surface area contributed by atoms with Crippen molar-refractivity contribution >= 4 is 9.84 Å². The monoisotopic (exact) mass is 363 g/mol. The van der Waals surface area contributed by atoms with Crippen molar-refractivity contribution in [1.29, 1.82) is 0 Å². The molecule has 0 spiro atoms. The van der Waals surface area contributed by atoms with Gasteiger partial charge >= 0.3 is 0 Å². The molecule has 0 amide bonds. The fraction of sp³-hybridized carbons (Fsp3) is 0.167. The van der Waals surface area contributed by atoms with E-state index in [-0.39, 0.29) is 5.56 Å². The molecule has 0 aliphatic rings. The van der Waals surface area contributed by atoms with Gasteiger partial charge in [0, 0.05) is 11.8 Å². The fourth-order valence-electron chi connectivity index (χ4n) is 2.68. The molecule has 0 fully saturated rings. The Morgan fingerprint density at radius 1 is 0.960 bits per heavy atom. The molecule has 0 bridgehead atoms. The maximum absolute atomic E-state index is 14.2. The van der Waals surface area contributed by atoms with Crippen LogP contribution in [0.25, 0.3) is 22.4 Å². The van der Waals surface area contributed by atoms with E-state index in [9.17, 15) is 17.2 Å². The van der Waals surface area contributed by atoms with Crippen LogP contribution in [0.4, 0.5) is 8.78 Å². The van der Waals surface area contributed by atoms with Crippen LogP contribution in [0, 0.1) is 25.5 Å². The highest BCUT2D eigenvalue weighted by Crippen LogP contribution is 2.36. The molecule has 7 heteroatoms. The number of nitrogens with zero attached hydrogens (tertiary/aromatic N) is 1. The molecule has 25 heavy (non-hydrogen) atoms. The van der Waals surface area contributed by atoms with E-state index in [1.54, 1.807) is 6.92 Å². The minimum absolute atomic E-state index is 0.164. The van der Waals surface area contributed by atoms with Crippen LogP contribution < -0.4 is 0 Å². The van der Waals surface area contributed by atoms with E-state index in [1.165, 1.54) is 0 Å². The second-order valence-electron chi connectivity index (χ2n) is 5.87. The molecule has 1 heterocycles. The SMILES string of the molecule is Cc1ccc(-c2noc(C)c2-c2cc(F)c(S(C)(=O)=O)c(F)c2)cc1. The average molecular weight is 363 g/mol. The molecular weight excluding hydrogens is 348 g/mol. The smallest absolute Gasteiger partial charge is 0.181 e. The van der Waals surface area contributed by atoms with Crippen molar-refractivity contribution in [2.24, 2.45) is 0 Å². The Hall–Kier alpha value is -2.54. The molecule has 0 radical (unpaired) electrons. The molecule has 0 saturated heterocycles. The lowest BCUT2D eigenvalue weighted by molar-refractivity contribution is 0.400. The van der Waals surface area contributed by atoms with Crippen molar-refractivity contribution in [3.05, 3.63) is 59.4 Å². The molecule has 0 atom stereocenters. The lowest BCUT2D eigenvalue weighted by atomic mass is 9.98. The molecule has 2 aromatic carbocycles. The predicted molar refractivity (Wildman–Crippen MR) is 89.9 cm³/mol. The van der Waals surface area contributed by atoms with Gasteiger partial charge in [-0.05, 0) is 31.5 Å². The van der Waals surface area contributed by atoms with Gasteiger partial charge in [-0.25, -0.2) is 17.2 Å². The largest absolute Gasteiger partial charge is 0.360 e. The van der Waals surface area contributed by atoms with E-state index in [1.807, 2.05) is 31.2 Å². The Kier molecular flexibility index (Phi) is 4.20. The van der Waals surface area contributed by atoms with Crippen LogP contribution in [-0.4, -0.2) is 19.8 Å². The number of aryl methyl sites for hydroxylation is 2. The molecule has 4 nitrogen and oxygen atoms in total. The van der Waals surface area contributed by atoms with Gasteiger partial charge in [-0.1, -0.05) is 35.0 Å². The summed E-state index contributed by atoms with van der Waals surface area (Å²) in [5.41, 5.74) is 2.80. The minimum atomic E-state index is -4.02. The third-order valence-corrected chi connectivity index (χ3v) is 4.98. The first-order valence-corrected chi connectivity index (χ1v) is 9.30. The first-order chi connectivity index (χ1) is 11.7. The van der Waals surface area contributed by atoms with Gasteiger partial charge in [0.15, 0.2) is 9.84 Å². The molecule has 0 N–H and O–H groups in total. The van der Waals surface area contributed by atoms with Gasteiger partial charge in [-0.3, -0.25) is 0 Å². The van der Waals surface area contributed by atoms with Crippen molar-refractivity contribution in [1.82, 2.24) is 5.16 Å². The van der Waals surface area contributed by atoms with E-state index < -0.39 is 26.4 Å². The van der Waals surface area contributed by atoms with E-state index in [0.717, 1.165) is 29.5 Å². The number of aromatic nitrogens is 1. The second kappa shape index (κ2) is 6.07. The number of sulfone groups is 1. The third kappa shape index (κ3) is 3.19. The van der Waals surface area contributed by atoms with Crippen LogP contribution in [0.15, 0.2) is 45.8 Å². The number of hydrogen-bond donors (Lipinski definition) is 0. The quantitative estimate of drug-likeness (QED) is 0.696. The van der Waals surface area contributed by atoms with Gasteiger partial charge in [-0.15, -0.1) is 0 Å². The lowest BCUT2D eigenvalue weighted by Crippen LogP contribution is -2.05. The van der Waals surface area contributed by atoms with Crippen LogP contribution in [0.5, 0.6) is 0 Å². The molecule has 130 valence electrons. The number of halogens is 2. The average Bonchev–Trinajstić information content (AvgIpc) is 2.87. The molecule has 3 aromatic rings. The summed E-state index contributed by atoms with van der Waals surface area (Å²) in [5.74, 6) is -1.91. The van der Waals surface area contributed by atoms with Crippen LogP contribution in [0.3, 0.4) is 0 Å². The second-order valence-corrected chi connectivity index (χ2v) is 7.82. The Balaban J connectivity index is 2.22. The zero-order valence-electron chi connectivity index (χ0n) is 13.8. The molecule has 0 saturated carbocycles. The van der Waals surface area contributed by atoms with Gasteiger partial charge in [0.1, 0.15) is 28.0 Å². The number of rotatable bonds is 3. The zero-order chi connectivity index (χ0) is 18.4. The fourth-order valence-corrected chi connectivity index (χ4v) is 3.51. The van der Waals surface area contributed by atoms with Gasteiger partial charge in [0.2, 0.25) is 0 Å². The molecule has 0 aliphatic carbocycles. The van der Waals surface area contributed by atoms with E-state index in [2.05, 4.69) is 5.16 Å². The van der Waals surface area contributed by atoms with Gasteiger partial charge in [-0.2, -0.15) is 0 Å². The van der Waals surface area contributed by atoms with E-state index in [0.29, 0.717) is 17.0 Å². The van der Waals surface area contributed by atoms with Gasteiger partial charge in [0.05, 0.1) is 5.56 Å². The highest BCUT2D eigenvalue weighted by molar-refractivity contribution is 7.90. The van der Waals surface area contributed by atoms with Crippen molar-refractivity contribution < 1.29 is 21.7 Å². The Morgan fingerprint density at radius 3 is 2.04 bits per heavy atom. The highest BCUT2D eigenvalue weighted by atomic mass is 32.2. The zero-order valence-corrected chi connectivity index (χ0v) is 14.6. The van der Waals surface area contributed by atoms with E-state index >= 15 is 0 Å². The summed E-state index contributed by atoms with van der Waals surface area (Å²) >= 11 is 0. The summed E-state index contributed by atoms with van der Waals surface area (Å²) in [4.78, 5) is -0.942. The highest BCUT2D eigenvalue weighted by Gasteiger charge is 2.24. The van der Waals surface area contributed by atoms with Crippen molar-refractivity contribution in [3.8, 4) is 22.4 Å². The van der Waals surface area contributed by atoms with Crippen LogP contribution in [0.1, 0.15) is 11.3 Å². The van der Waals surface area contributed by atoms with Crippen LogP contribution in [0.2, 0.25) is 0 Å². The first-order valence-electron chi connectivity index (χ1n) is 7.41. The summed E-state index contributed by atoms with van der Waals surface area (Å²) in [6, 6.07) is 9.39. The summed E-state index contributed by atoms with van der Waals surface area (Å²) in [6.07, 6.45) is 0.760. The van der Waals surface area contributed by atoms with Crippen molar-refractivity contribution in [3.63, 3.8) is 0 Å². The molecule has 0 aliphatic heterocycles. The maximum Gasteiger partial charge on any atom is 0.181 e. The minimum Gasteiger partial charge on any atom is -0.360 e. The predicted octanol–water partition coefficient (Wildman–Crippen LogP) is 4.31. The number of hydrogen-bond acceptors (Lipinski definition) is 4. The number of benzene rings is 2. The Bertz CT molecular complexity index is 1030. The summed E-state index contributed by atoms with van der Waals surface area (Å²) in [5, 5.41) is 3.98. The molecule has 1 aromatic heterocycles. The summed E-state index contributed by atoms with van der Waals surface area (Å²) in [6.45, 7) is 3.56.